The topological polar surface area (TPSA) is 41.3 Å². The van der Waals surface area contributed by atoms with Crippen LogP contribution in [0.3, 0.4) is 0 Å². The van der Waals surface area contributed by atoms with E-state index in [1.807, 2.05) is 18.3 Å². The zero-order valence-electron chi connectivity index (χ0n) is 10.9. The van der Waals surface area contributed by atoms with E-state index >= 15 is 0 Å². The van der Waals surface area contributed by atoms with Crippen molar-refractivity contribution in [2.24, 2.45) is 0 Å². The molecule has 5 heteroatoms. The van der Waals surface area contributed by atoms with Gasteiger partial charge in [-0.2, -0.15) is 0 Å². The molecule has 19 heavy (non-hydrogen) atoms. The summed E-state index contributed by atoms with van der Waals surface area (Å²) in [6.45, 7) is 6.15. The van der Waals surface area contributed by atoms with Gasteiger partial charge in [-0.1, -0.05) is 0 Å². The molecule has 0 atom stereocenters. The molecule has 2 aromatic rings. The second-order valence-electron chi connectivity index (χ2n) is 4.58. The van der Waals surface area contributed by atoms with Crippen molar-refractivity contribution in [3.8, 4) is 11.1 Å². The van der Waals surface area contributed by atoms with E-state index in [-0.39, 0.29) is 12.4 Å². The molecule has 4 nitrogen and oxygen atoms in total. The van der Waals surface area contributed by atoms with Gasteiger partial charge in [0, 0.05) is 43.5 Å². The van der Waals surface area contributed by atoms with Crippen LogP contribution in [0.2, 0.25) is 0 Å². The molecule has 102 valence electrons. The van der Waals surface area contributed by atoms with Crippen LogP contribution in [0.25, 0.3) is 11.1 Å². The molecule has 0 aliphatic carbocycles. The smallest absolute Gasteiger partial charge is 0.136 e. The van der Waals surface area contributed by atoms with Gasteiger partial charge in [0.25, 0.3) is 0 Å². The molecule has 0 saturated carbocycles. The highest BCUT2D eigenvalue weighted by atomic mass is 35.5. The van der Waals surface area contributed by atoms with Gasteiger partial charge in [-0.25, -0.2) is 4.98 Å². The van der Waals surface area contributed by atoms with Crippen LogP contribution >= 0.6 is 12.4 Å². The van der Waals surface area contributed by atoms with Gasteiger partial charge < -0.3 is 14.6 Å². The number of halogens is 1. The standard InChI is InChI=1S/C14H17N3O.ClH/c1-11-2-4-16-14(17-7-5-15-6-8-17)13(11)12-3-9-18-10-12;/h2-4,9-10,15H,5-8H2,1H3;1H. The lowest BCUT2D eigenvalue weighted by atomic mass is 10.0. The Bertz CT molecular complexity index is 521. The monoisotopic (exact) mass is 279 g/mol. The maximum Gasteiger partial charge on any atom is 0.136 e. The van der Waals surface area contributed by atoms with Gasteiger partial charge in [-0.05, 0) is 24.6 Å². The van der Waals surface area contributed by atoms with Crippen LogP contribution in [0.5, 0.6) is 0 Å². The summed E-state index contributed by atoms with van der Waals surface area (Å²) in [6.07, 6.45) is 5.38. The first-order valence-corrected chi connectivity index (χ1v) is 6.30. The highest BCUT2D eigenvalue weighted by molar-refractivity contribution is 5.85. The Morgan fingerprint density at radius 1 is 1.26 bits per heavy atom. The van der Waals surface area contributed by atoms with Crippen molar-refractivity contribution in [2.75, 3.05) is 31.1 Å². The number of hydrogen-bond donors (Lipinski definition) is 1. The maximum absolute atomic E-state index is 5.21. The van der Waals surface area contributed by atoms with Gasteiger partial charge >= 0.3 is 0 Å². The first kappa shape index (κ1) is 13.9. The third kappa shape index (κ3) is 2.74. The lowest BCUT2D eigenvalue weighted by Gasteiger charge is -2.30. The average molecular weight is 280 g/mol. The van der Waals surface area contributed by atoms with Gasteiger partial charge in [0.2, 0.25) is 0 Å². The van der Waals surface area contributed by atoms with Crippen LogP contribution in [-0.2, 0) is 0 Å². The minimum atomic E-state index is 0. The number of pyridine rings is 1. The van der Waals surface area contributed by atoms with E-state index in [0.717, 1.165) is 37.6 Å². The molecule has 2 aromatic heterocycles. The van der Waals surface area contributed by atoms with E-state index in [2.05, 4.69) is 22.1 Å². The summed E-state index contributed by atoms with van der Waals surface area (Å²) in [5.74, 6) is 1.07. The fraction of sp³-hybridized carbons (Fsp3) is 0.357. The number of nitrogens with one attached hydrogen (secondary N) is 1. The maximum atomic E-state index is 5.21. The lowest BCUT2D eigenvalue weighted by Crippen LogP contribution is -2.44. The Kier molecular flexibility index (Phi) is 4.45. The molecule has 1 N–H and O–H groups in total. The first-order valence-electron chi connectivity index (χ1n) is 6.30. The molecule has 0 bridgehead atoms. The molecular weight excluding hydrogens is 262 g/mol. The SMILES string of the molecule is Cc1ccnc(N2CCNCC2)c1-c1ccoc1.Cl. The predicted octanol–water partition coefficient (Wildman–Crippen LogP) is 2.48. The molecule has 0 aromatic carbocycles. The summed E-state index contributed by atoms with van der Waals surface area (Å²) in [4.78, 5) is 6.91. The number of aryl methyl sites for hydroxylation is 1. The highest BCUT2D eigenvalue weighted by Crippen LogP contribution is 2.32. The van der Waals surface area contributed by atoms with Crippen LogP contribution < -0.4 is 10.2 Å². The zero-order valence-corrected chi connectivity index (χ0v) is 11.7. The molecule has 0 radical (unpaired) electrons. The number of anilines is 1. The van der Waals surface area contributed by atoms with E-state index in [1.165, 1.54) is 11.1 Å². The van der Waals surface area contributed by atoms with Crippen LogP contribution in [-0.4, -0.2) is 31.2 Å². The fourth-order valence-corrected chi connectivity index (χ4v) is 2.42. The van der Waals surface area contributed by atoms with Crippen molar-refractivity contribution >= 4 is 18.2 Å². The largest absolute Gasteiger partial charge is 0.472 e. The quantitative estimate of drug-likeness (QED) is 0.917. The average Bonchev–Trinajstić information content (AvgIpc) is 2.93. The minimum absolute atomic E-state index is 0. The molecule has 0 spiro atoms. The third-order valence-corrected chi connectivity index (χ3v) is 3.37. The number of hydrogen-bond acceptors (Lipinski definition) is 4. The van der Waals surface area contributed by atoms with Gasteiger partial charge in [0.05, 0.1) is 12.5 Å². The molecule has 3 rings (SSSR count). The molecule has 1 fully saturated rings. The molecule has 0 unspecified atom stereocenters. The summed E-state index contributed by atoms with van der Waals surface area (Å²) in [7, 11) is 0. The number of piperazine rings is 1. The van der Waals surface area contributed by atoms with Crippen LogP contribution in [0.4, 0.5) is 5.82 Å². The van der Waals surface area contributed by atoms with E-state index in [9.17, 15) is 0 Å². The summed E-state index contributed by atoms with van der Waals surface area (Å²) >= 11 is 0. The predicted molar refractivity (Wildman–Crippen MR) is 79.0 cm³/mol. The first-order chi connectivity index (χ1) is 8.86. The second kappa shape index (κ2) is 6.08. The number of furan rings is 1. The van der Waals surface area contributed by atoms with Crippen molar-refractivity contribution in [2.45, 2.75) is 6.92 Å². The van der Waals surface area contributed by atoms with Gasteiger partial charge in [0.15, 0.2) is 0 Å². The van der Waals surface area contributed by atoms with Crippen molar-refractivity contribution < 1.29 is 4.42 Å². The molecule has 3 heterocycles. The normalized spacial score (nSPS) is 15.1. The van der Waals surface area contributed by atoms with E-state index < -0.39 is 0 Å². The van der Waals surface area contributed by atoms with E-state index in [0.29, 0.717) is 0 Å². The van der Waals surface area contributed by atoms with Gasteiger partial charge in [0.1, 0.15) is 5.82 Å². The number of aromatic nitrogens is 1. The third-order valence-electron chi connectivity index (χ3n) is 3.37. The van der Waals surface area contributed by atoms with Crippen LogP contribution in [0, 0.1) is 6.92 Å². The minimum Gasteiger partial charge on any atom is -0.472 e. The summed E-state index contributed by atoms with van der Waals surface area (Å²) in [5, 5.41) is 3.37. The summed E-state index contributed by atoms with van der Waals surface area (Å²) in [5.41, 5.74) is 3.53. The lowest BCUT2D eigenvalue weighted by molar-refractivity contribution is 0.568. The van der Waals surface area contributed by atoms with E-state index in [1.54, 1.807) is 12.5 Å². The van der Waals surface area contributed by atoms with Gasteiger partial charge in [-0.15, -0.1) is 12.4 Å². The molecule has 1 saturated heterocycles. The Balaban J connectivity index is 0.00000133. The van der Waals surface area contributed by atoms with Crippen LogP contribution in [0.15, 0.2) is 35.3 Å². The van der Waals surface area contributed by atoms with Crippen LogP contribution in [0.1, 0.15) is 5.56 Å². The van der Waals surface area contributed by atoms with Crippen molar-refractivity contribution in [1.82, 2.24) is 10.3 Å². The molecule has 0 amide bonds. The molecule has 1 aliphatic heterocycles. The Hall–Kier alpha value is -1.52. The second-order valence-corrected chi connectivity index (χ2v) is 4.58. The highest BCUT2D eigenvalue weighted by Gasteiger charge is 2.18. The Labute approximate surface area is 119 Å². The number of nitrogens with zero attached hydrogens (tertiary/aromatic N) is 2. The van der Waals surface area contributed by atoms with E-state index in [4.69, 9.17) is 4.42 Å². The van der Waals surface area contributed by atoms with Crippen molar-refractivity contribution in [3.05, 3.63) is 36.4 Å². The molecular formula is C14H18ClN3O. The fourth-order valence-electron chi connectivity index (χ4n) is 2.42. The van der Waals surface area contributed by atoms with Crippen molar-refractivity contribution in [3.63, 3.8) is 0 Å². The zero-order chi connectivity index (χ0) is 12.4. The van der Waals surface area contributed by atoms with Gasteiger partial charge in [-0.3, -0.25) is 0 Å². The summed E-state index contributed by atoms with van der Waals surface area (Å²) < 4.78 is 5.21. The summed E-state index contributed by atoms with van der Waals surface area (Å²) in [6, 6.07) is 4.05. The Morgan fingerprint density at radius 3 is 2.74 bits per heavy atom. The number of rotatable bonds is 2. The molecule has 1 aliphatic rings. The Morgan fingerprint density at radius 2 is 2.05 bits per heavy atom. The van der Waals surface area contributed by atoms with Crippen molar-refractivity contribution in [1.29, 1.82) is 0 Å².